The largest absolute Gasteiger partial charge is 0.505 e. The molecule has 4 aromatic carbocycles. The number of rotatable bonds is 8. The van der Waals surface area contributed by atoms with Crippen LogP contribution in [-0.2, 0) is 16.5 Å². The van der Waals surface area contributed by atoms with Crippen LogP contribution in [0, 0.1) is 0 Å². The van der Waals surface area contributed by atoms with Crippen LogP contribution < -0.4 is 10.1 Å². The average molecular weight is 554 g/mol. The van der Waals surface area contributed by atoms with Gasteiger partial charge in [0.05, 0.1) is 17.2 Å². The third-order valence-corrected chi connectivity index (χ3v) is 7.03. The summed E-state index contributed by atoms with van der Waals surface area (Å²) in [6.07, 6.45) is 0.517. The lowest BCUT2D eigenvalue weighted by Gasteiger charge is -2.12. The number of phenolic OH excluding ortho intramolecular Hbond substituents is 1. The molecule has 196 valence electrons. The van der Waals surface area contributed by atoms with Gasteiger partial charge in [-0.1, -0.05) is 42.8 Å². The summed E-state index contributed by atoms with van der Waals surface area (Å²) in [6, 6.07) is 18.0. The lowest BCUT2D eigenvalue weighted by atomic mass is 10.0. The summed E-state index contributed by atoms with van der Waals surface area (Å²) in [4.78, 5) is 12.5. The third-order valence-electron chi connectivity index (χ3n) is 5.67. The number of anilines is 1. The van der Waals surface area contributed by atoms with E-state index in [0.29, 0.717) is 40.8 Å². The molecule has 4 rings (SSSR count). The number of hydrogen-bond donors (Lipinski definition) is 3. The number of fused-ring (bicyclic) bond motifs is 1. The van der Waals surface area contributed by atoms with E-state index >= 15 is 0 Å². The molecular formula is C27H24ClN3O6S. The van der Waals surface area contributed by atoms with Crippen molar-refractivity contribution < 1.29 is 27.6 Å². The highest BCUT2D eigenvalue weighted by atomic mass is 35.5. The summed E-state index contributed by atoms with van der Waals surface area (Å²) in [5, 5.41) is 22.8. The van der Waals surface area contributed by atoms with E-state index in [1.807, 2.05) is 13.8 Å². The molecule has 0 aliphatic heterocycles. The number of nitrogens with one attached hydrogen (secondary N) is 1. The second-order valence-corrected chi connectivity index (χ2v) is 9.97. The molecule has 0 aliphatic carbocycles. The van der Waals surface area contributed by atoms with Crippen LogP contribution in [0.15, 0.2) is 81.9 Å². The minimum Gasteiger partial charge on any atom is -0.505 e. The van der Waals surface area contributed by atoms with Crippen LogP contribution in [0.3, 0.4) is 0 Å². The number of azo groups is 1. The van der Waals surface area contributed by atoms with Crippen LogP contribution in [0.4, 0.5) is 17.1 Å². The van der Waals surface area contributed by atoms with Crippen molar-refractivity contribution in [3.05, 3.63) is 82.9 Å². The van der Waals surface area contributed by atoms with Crippen molar-refractivity contribution in [2.45, 2.75) is 25.2 Å². The highest BCUT2D eigenvalue weighted by Gasteiger charge is 2.22. The van der Waals surface area contributed by atoms with Crippen molar-refractivity contribution in [3.63, 3.8) is 0 Å². The van der Waals surface area contributed by atoms with Crippen LogP contribution in [0.25, 0.3) is 10.8 Å². The van der Waals surface area contributed by atoms with Gasteiger partial charge < -0.3 is 15.2 Å². The number of carbonyl (C=O) groups excluding carboxylic acids is 1. The van der Waals surface area contributed by atoms with Gasteiger partial charge in [-0.3, -0.25) is 9.35 Å². The topological polar surface area (TPSA) is 138 Å². The van der Waals surface area contributed by atoms with Gasteiger partial charge in [0, 0.05) is 11.1 Å². The van der Waals surface area contributed by atoms with Crippen molar-refractivity contribution in [1.29, 1.82) is 0 Å². The van der Waals surface area contributed by atoms with Gasteiger partial charge in [0.2, 0.25) is 0 Å². The molecule has 38 heavy (non-hydrogen) atoms. The predicted molar refractivity (Wildman–Crippen MR) is 146 cm³/mol. The summed E-state index contributed by atoms with van der Waals surface area (Å²) in [6.45, 7) is 4.21. The molecule has 0 unspecified atom stereocenters. The Kier molecular flexibility index (Phi) is 7.96. The number of halogens is 1. The fraction of sp³-hybridized carbons (Fsp3) is 0.148. The molecule has 11 heteroatoms. The molecule has 0 aromatic heterocycles. The Morgan fingerprint density at radius 1 is 1.03 bits per heavy atom. The molecule has 0 bridgehead atoms. The van der Waals surface area contributed by atoms with E-state index in [2.05, 4.69) is 15.5 Å². The van der Waals surface area contributed by atoms with Gasteiger partial charge in [-0.15, -0.1) is 10.2 Å². The van der Waals surface area contributed by atoms with E-state index in [1.54, 1.807) is 48.5 Å². The van der Waals surface area contributed by atoms with Crippen LogP contribution in [0.2, 0.25) is 5.02 Å². The molecule has 0 saturated heterocycles. The van der Waals surface area contributed by atoms with Crippen molar-refractivity contribution in [2.24, 2.45) is 10.2 Å². The van der Waals surface area contributed by atoms with Gasteiger partial charge in [0.1, 0.15) is 22.0 Å². The zero-order chi connectivity index (χ0) is 27.4. The molecule has 0 fully saturated rings. The molecule has 4 aromatic rings. The number of aromatic hydroxyl groups is 1. The fourth-order valence-corrected chi connectivity index (χ4v) is 5.06. The van der Waals surface area contributed by atoms with Gasteiger partial charge in [0.15, 0.2) is 5.75 Å². The molecule has 0 radical (unpaired) electrons. The summed E-state index contributed by atoms with van der Waals surface area (Å²) in [7, 11) is -4.73. The zero-order valence-corrected chi connectivity index (χ0v) is 22.0. The van der Waals surface area contributed by atoms with E-state index in [4.69, 9.17) is 16.3 Å². The maximum absolute atomic E-state index is 13.1. The molecule has 3 N–H and O–H groups in total. The van der Waals surface area contributed by atoms with Crippen molar-refractivity contribution in [2.75, 3.05) is 11.9 Å². The first-order valence-electron chi connectivity index (χ1n) is 11.6. The first-order chi connectivity index (χ1) is 18.1. The highest BCUT2D eigenvalue weighted by Crippen LogP contribution is 2.41. The minimum atomic E-state index is -4.73. The Hall–Kier alpha value is -3.99. The summed E-state index contributed by atoms with van der Waals surface area (Å²) in [5.41, 5.74) is 0.817. The second-order valence-electron chi connectivity index (χ2n) is 8.21. The number of benzene rings is 4. The van der Waals surface area contributed by atoms with Gasteiger partial charge in [-0.2, -0.15) is 8.42 Å². The highest BCUT2D eigenvalue weighted by molar-refractivity contribution is 7.86. The van der Waals surface area contributed by atoms with Crippen LogP contribution in [-0.4, -0.2) is 30.6 Å². The monoisotopic (exact) mass is 553 g/mol. The Balaban J connectivity index is 1.80. The van der Waals surface area contributed by atoms with E-state index in [0.717, 1.165) is 0 Å². The number of nitrogens with zero attached hydrogens (tertiary/aromatic N) is 2. The quantitative estimate of drug-likeness (QED) is 0.157. The van der Waals surface area contributed by atoms with Crippen LogP contribution >= 0.6 is 11.6 Å². The molecular weight excluding hydrogens is 530 g/mol. The van der Waals surface area contributed by atoms with E-state index < -0.39 is 26.7 Å². The first kappa shape index (κ1) is 27.1. The smallest absolute Gasteiger partial charge is 0.298 e. The van der Waals surface area contributed by atoms with E-state index in [1.165, 1.54) is 18.2 Å². The number of ether oxygens (including phenoxy) is 1. The van der Waals surface area contributed by atoms with Crippen molar-refractivity contribution in [3.8, 4) is 11.5 Å². The molecule has 9 nitrogen and oxygen atoms in total. The maximum Gasteiger partial charge on any atom is 0.298 e. The molecule has 0 heterocycles. The van der Waals surface area contributed by atoms with Crippen LogP contribution in [0.5, 0.6) is 11.5 Å². The number of amides is 1. The van der Waals surface area contributed by atoms with Crippen molar-refractivity contribution in [1.82, 2.24) is 0 Å². The zero-order valence-electron chi connectivity index (χ0n) is 20.5. The van der Waals surface area contributed by atoms with Gasteiger partial charge in [-0.05, 0) is 66.8 Å². The molecule has 0 aliphatic rings. The first-order valence-corrected chi connectivity index (χ1v) is 13.4. The van der Waals surface area contributed by atoms with Gasteiger partial charge in [0.25, 0.3) is 16.0 Å². The Bertz CT molecular complexity index is 1650. The lowest BCUT2D eigenvalue weighted by molar-refractivity contribution is 0.102. The van der Waals surface area contributed by atoms with Crippen LogP contribution in [0.1, 0.15) is 29.8 Å². The summed E-state index contributed by atoms with van der Waals surface area (Å²) < 4.78 is 39.1. The standard InChI is InChI=1S/C27H24ClN3O6S/c1-3-16-13-22(28)26(38(34,35)36)23(14-16)30-31-24-20-8-6-5-7-17(20)15-21(25(24)32)27(33)29-18-9-11-19(12-10-18)37-4-2/h5-15,32H,3-4H2,1-2H3,(H,29,33)(H,34,35,36). The minimum absolute atomic E-state index is 0.0562. The summed E-state index contributed by atoms with van der Waals surface area (Å²) >= 11 is 6.13. The number of phenols is 1. The Labute approximate surface area is 224 Å². The van der Waals surface area contributed by atoms with Crippen molar-refractivity contribution >= 4 is 55.5 Å². The van der Waals surface area contributed by atoms with E-state index in [-0.39, 0.29) is 22.0 Å². The Morgan fingerprint density at radius 2 is 1.74 bits per heavy atom. The molecule has 1 amide bonds. The number of hydrogen-bond acceptors (Lipinski definition) is 7. The second kappa shape index (κ2) is 11.2. The molecule has 0 saturated carbocycles. The lowest BCUT2D eigenvalue weighted by Crippen LogP contribution is -2.12. The fourth-order valence-electron chi connectivity index (χ4n) is 3.86. The predicted octanol–water partition coefficient (Wildman–Crippen LogP) is 7.07. The average Bonchev–Trinajstić information content (AvgIpc) is 2.88. The summed E-state index contributed by atoms with van der Waals surface area (Å²) in [5.74, 6) is -0.399. The number of aryl methyl sites for hydroxylation is 1. The van der Waals surface area contributed by atoms with Gasteiger partial charge >= 0.3 is 0 Å². The number of carbonyl (C=O) groups is 1. The third kappa shape index (κ3) is 5.77. The Morgan fingerprint density at radius 3 is 2.39 bits per heavy atom. The van der Waals surface area contributed by atoms with Gasteiger partial charge in [-0.25, -0.2) is 0 Å². The normalized spacial score (nSPS) is 11.7. The SMILES string of the molecule is CCOc1ccc(NC(=O)c2cc3ccccc3c(N=Nc3cc(CC)cc(Cl)c3S(=O)(=O)O)c2O)cc1. The maximum atomic E-state index is 13.1. The molecule has 0 atom stereocenters. The van der Waals surface area contributed by atoms with E-state index in [9.17, 15) is 22.9 Å². The molecule has 0 spiro atoms.